The van der Waals surface area contributed by atoms with E-state index in [1.807, 2.05) is 6.07 Å². The molecule has 2 aromatic carbocycles. The van der Waals surface area contributed by atoms with Crippen LogP contribution in [0.3, 0.4) is 0 Å². The molecule has 1 aromatic heterocycles. The van der Waals surface area contributed by atoms with Gasteiger partial charge in [-0.25, -0.2) is 4.98 Å². The van der Waals surface area contributed by atoms with Gasteiger partial charge in [-0.2, -0.15) is 0 Å². The highest BCUT2D eigenvalue weighted by atomic mass is 32.1. The molecule has 0 saturated carbocycles. The lowest BCUT2D eigenvalue weighted by atomic mass is 10.1. The average Bonchev–Trinajstić information content (AvgIpc) is 2.86. The number of nitrogens with zero attached hydrogens (tertiary/aromatic N) is 1. The van der Waals surface area contributed by atoms with Gasteiger partial charge in [-0.05, 0) is 36.6 Å². The van der Waals surface area contributed by atoms with Crippen molar-refractivity contribution in [3.05, 3.63) is 59.2 Å². The summed E-state index contributed by atoms with van der Waals surface area (Å²) in [5, 5.41) is 4.40. The predicted octanol–water partition coefficient (Wildman–Crippen LogP) is 4.53. The van der Waals surface area contributed by atoms with E-state index < -0.39 is 0 Å². The van der Waals surface area contributed by atoms with Crippen LogP contribution in [0.1, 0.15) is 16.7 Å². The second-order valence-corrected chi connectivity index (χ2v) is 5.74. The van der Waals surface area contributed by atoms with Gasteiger partial charge in [0, 0.05) is 6.54 Å². The van der Waals surface area contributed by atoms with Crippen LogP contribution in [0.15, 0.2) is 42.5 Å². The van der Waals surface area contributed by atoms with Crippen molar-refractivity contribution < 1.29 is 0 Å². The van der Waals surface area contributed by atoms with Gasteiger partial charge in [-0.1, -0.05) is 47.7 Å². The number of hydrogen-bond donors (Lipinski definition) is 1. The summed E-state index contributed by atoms with van der Waals surface area (Å²) < 4.78 is 1.25. The Balaban J connectivity index is 1.84. The number of aromatic nitrogens is 1. The van der Waals surface area contributed by atoms with Crippen molar-refractivity contribution >= 4 is 26.7 Å². The minimum absolute atomic E-state index is 0.818. The first-order valence-electron chi connectivity index (χ1n) is 6.38. The second-order valence-electron chi connectivity index (χ2n) is 4.71. The highest BCUT2D eigenvalue weighted by Crippen LogP contribution is 2.29. The van der Waals surface area contributed by atoms with Crippen LogP contribution in [0, 0.1) is 13.8 Å². The molecule has 0 unspecified atom stereocenters. The molecular formula is C16H16N2S. The Labute approximate surface area is 117 Å². The first-order chi connectivity index (χ1) is 9.24. The molecule has 1 heterocycles. The van der Waals surface area contributed by atoms with E-state index in [1.54, 1.807) is 11.3 Å². The van der Waals surface area contributed by atoms with Gasteiger partial charge in [0.15, 0.2) is 5.13 Å². The lowest BCUT2D eigenvalue weighted by Gasteiger charge is -2.01. The summed E-state index contributed by atoms with van der Waals surface area (Å²) in [5.74, 6) is 0. The fourth-order valence-corrected chi connectivity index (χ4v) is 3.00. The average molecular weight is 268 g/mol. The van der Waals surface area contributed by atoms with Crippen molar-refractivity contribution in [2.45, 2.75) is 20.4 Å². The maximum absolute atomic E-state index is 4.70. The summed E-state index contributed by atoms with van der Waals surface area (Å²) in [5.41, 5.74) is 4.98. The van der Waals surface area contributed by atoms with E-state index in [0.717, 1.165) is 17.2 Å². The largest absolute Gasteiger partial charge is 0.357 e. The molecule has 0 bridgehead atoms. The maximum Gasteiger partial charge on any atom is 0.184 e. The SMILES string of the molecule is Cc1ccc2sc(NCc3ccccc3)nc2c1C. The van der Waals surface area contributed by atoms with Crippen LogP contribution in [0.25, 0.3) is 10.2 Å². The molecule has 2 nitrogen and oxygen atoms in total. The standard InChI is InChI=1S/C16H16N2S/c1-11-8-9-14-15(12(11)2)18-16(19-14)17-10-13-6-4-3-5-7-13/h3-9H,10H2,1-2H3,(H,17,18). The summed E-state index contributed by atoms with van der Waals surface area (Å²) in [6.45, 7) is 5.09. The predicted molar refractivity (Wildman–Crippen MR) is 82.9 cm³/mol. The molecule has 19 heavy (non-hydrogen) atoms. The van der Waals surface area contributed by atoms with Crippen LogP contribution in [0.5, 0.6) is 0 Å². The summed E-state index contributed by atoms with van der Waals surface area (Å²) in [6, 6.07) is 14.7. The van der Waals surface area contributed by atoms with E-state index in [1.165, 1.54) is 21.4 Å². The number of hydrogen-bond acceptors (Lipinski definition) is 3. The van der Waals surface area contributed by atoms with Gasteiger partial charge < -0.3 is 5.32 Å². The molecule has 3 heteroatoms. The number of rotatable bonds is 3. The van der Waals surface area contributed by atoms with Crippen molar-refractivity contribution in [2.24, 2.45) is 0 Å². The van der Waals surface area contributed by atoms with Gasteiger partial charge in [0.25, 0.3) is 0 Å². The van der Waals surface area contributed by atoms with Crippen LogP contribution in [0.4, 0.5) is 5.13 Å². The number of thiazole rings is 1. The summed E-state index contributed by atoms with van der Waals surface area (Å²) >= 11 is 1.72. The zero-order valence-electron chi connectivity index (χ0n) is 11.1. The van der Waals surface area contributed by atoms with Crippen LogP contribution < -0.4 is 5.32 Å². The molecule has 3 aromatic rings. The third kappa shape index (κ3) is 2.47. The Morgan fingerprint density at radius 1 is 1.05 bits per heavy atom. The second kappa shape index (κ2) is 5.02. The van der Waals surface area contributed by atoms with Crippen LogP contribution in [0.2, 0.25) is 0 Å². The Morgan fingerprint density at radius 3 is 2.63 bits per heavy atom. The molecule has 0 aliphatic carbocycles. The molecule has 1 N–H and O–H groups in total. The number of fused-ring (bicyclic) bond motifs is 1. The molecule has 0 saturated heterocycles. The fraction of sp³-hybridized carbons (Fsp3) is 0.188. The van der Waals surface area contributed by atoms with Crippen LogP contribution >= 0.6 is 11.3 Å². The molecule has 0 fully saturated rings. The molecular weight excluding hydrogens is 252 g/mol. The van der Waals surface area contributed by atoms with Crippen LogP contribution in [-0.4, -0.2) is 4.98 Å². The summed E-state index contributed by atoms with van der Waals surface area (Å²) in [6.07, 6.45) is 0. The van der Waals surface area contributed by atoms with E-state index in [4.69, 9.17) is 4.98 Å². The molecule has 3 rings (SSSR count). The molecule has 0 radical (unpaired) electrons. The minimum Gasteiger partial charge on any atom is -0.357 e. The lowest BCUT2D eigenvalue weighted by molar-refractivity contribution is 1.14. The van der Waals surface area contributed by atoms with Crippen molar-refractivity contribution in [3.8, 4) is 0 Å². The van der Waals surface area contributed by atoms with E-state index in [0.29, 0.717) is 0 Å². The normalized spacial score (nSPS) is 10.8. The minimum atomic E-state index is 0.818. The summed E-state index contributed by atoms with van der Waals surface area (Å²) in [4.78, 5) is 4.70. The summed E-state index contributed by atoms with van der Waals surface area (Å²) in [7, 11) is 0. The van der Waals surface area contributed by atoms with E-state index in [-0.39, 0.29) is 0 Å². The highest BCUT2D eigenvalue weighted by Gasteiger charge is 2.07. The topological polar surface area (TPSA) is 24.9 Å². The highest BCUT2D eigenvalue weighted by molar-refractivity contribution is 7.22. The molecule has 96 valence electrons. The Hall–Kier alpha value is -1.87. The van der Waals surface area contributed by atoms with Gasteiger partial charge in [0.05, 0.1) is 10.2 Å². The smallest absolute Gasteiger partial charge is 0.184 e. The third-order valence-corrected chi connectivity index (χ3v) is 4.35. The number of anilines is 1. The first kappa shape index (κ1) is 12.2. The van der Waals surface area contributed by atoms with Crippen molar-refractivity contribution in [3.63, 3.8) is 0 Å². The van der Waals surface area contributed by atoms with Gasteiger partial charge in [0.1, 0.15) is 0 Å². The quantitative estimate of drug-likeness (QED) is 0.755. The van der Waals surface area contributed by atoms with Crippen molar-refractivity contribution in [1.82, 2.24) is 4.98 Å². The van der Waals surface area contributed by atoms with E-state index >= 15 is 0 Å². The number of aryl methyl sites for hydroxylation is 2. The van der Waals surface area contributed by atoms with Gasteiger partial charge in [-0.15, -0.1) is 0 Å². The Morgan fingerprint density at radius 2 is 1.84 bits per heavy atom. The van der Waals surface area contributed by atoms with E-state index in [2.05, 4.69) is 55.6 Å². The lowest BCUT2D eigenvalue weighted by Crippen LogP contribution is -1.98. The van der Waals surface area contributed by atoms with Gasteiger partial charge in [0.2, 0.25) is 0 Å². The third-order valence-electron chi connectivity index (χ3n) is 3.37. The number of benzene rings is 2. The fourth-order valence-electron chi connectivity index (χ4n) is 2.08. The molecule has 0 aliphatic rings. The monoisotopic (exact) mass is 268 g/mol. The molecule has 0 aliphatic heterocycles. The molecule has 0 amide bonds. The first-order valence-corrected chi connectivity index (χ1v) is 7.20. The maximum atomic E-state index is 4.70. The Bertz CT molecular complexity index is 701. The van der Waals surface area contributed by atoms with Gasteiger partial charge in [-0.3, -0.25) is 0 Å². The molecule has 0 atom stereocenters. The van der Waals surface area contributed by atoms with E-state index in [9.17, 15) is 0 Å². The van der Waals surface area contributed by atoms with Gasteiger partial charge >= 0.3 is 0 Å². The number of nitrogens with one attached hydrogen (secondary N) is 1. The zero-order valence-corrected chi connectivity index (χ0v) is 11.9. The zero-order chi connectivity index (χ0) is 13.2. The Kier molecular flexibility index (Phi) is 3.22. The molecule has 0 spiro atoms. The van der Waals surface area contributed by atoms with Crippen LogP contribution in [-0.2, 0) is 6.54 Å². The van der Waals surface area contributed by atoms with Crippen molar-refractivity contribution in [2.75, 3.05) is 5.32 Å². The van der Waals surface area contributed by atoms with Crippen molar-refractivity contribution in [1.29, 1.82) is 0 Å².